The van der Waals surface area contributed by atoms with Crippen molar-refractivity contribution < 1.29 is 9.59 Å². The Hall–Kier alpha value is -2.29. The zero-order chi connectivity index (χ0) is 12.3. The van der Waals surface area contributed by atoms with Gasteiger partial charge in [0.05, 0.1) is 0 Å². The summed E-state index contributed by atoms with van der Waals surface area (Å²) in [7, 11) is 0. The van der Waals surface area contributed by atoms with E-state index in [9.17, 15) is 9.59 Å². The monoisotopic (exact) mass is 225 g/mol. The number of benzene rings is 1. The first-order valence-electron chi connectivity index (χ1n) is 5.23. The predicted molar refractivity (Wildman–Crippen MR) is 65.2 cm³/mol. The largest absolute Gasteiger partial charge is 0.296 e. The van der Waals surface area contributed by atoms with Gasteiger partial charge in [0, 0.05) is 0 Å². The van der Waals surface area contributed by atoms with Crippen LogP contribution < -0.4 is 0 Å². The molecule has 2 aromatic rings. The summed E-state index contributed by atoms with van der Waals surface area (Å²) in [6, 6.07) is 11.2. The lowest BCUT2D eigenvalue weighted by molar-refractivity contribution is 0.111. The van der Waals surface area contributed by atoms with E-state index in [0.29, 0.717) is 12.6 Å². The number of aldehydes is 2. The molecule has 3 heteroatoms. The third-order valence-electron chi connectivity index (χ3n) is 2.56. The average molecular weight is 225 g/mol. The van der Waals surface area contributed by atoms with Crippen LogP contribution in [-0.4, -0.2) is 17.6 Å². The highest BCUT2D eigenvalue weighted by molar-refractivity contribution is 5.82. The van der Waals surface area contributed by atoms with Crippen LogP contribution in [0.2, 0.25) is 0 Å². The summed E-state index contributed by atoms with van der Waals surface area (Å²) in [5, 5.41) is 0. The van der Waals surface area contributed by atoms with E-state index in [-0.39, 0.29) is 11.4 Å². The Bertz CT molecular complexity index is 550. The maximum atomic E-state index is 10.8. The molecule has 0 fully saturated rings. The molecule has 0 N–H and O–H groups in total. The molecule has 0 aliphatic heterocycles. The molecule has 0 saturated heterocycles. The number of aromatic nitrogens is 1. The molecule has 17 heavy (non-hydrogen) atoms. The Morgan fingerprint density at radius 3 is 2.12 bits per heavy atom. The SMILES string of the molecule is Cc1ccccc1-c1cc(C=O)nc(C=O)c1. The molecule has 0 atom stereocenters. The lowest BCUT2D eigenvalue weighted by Gasteiger charge is -2.06. The van der Waals surface area contributed by atoms with E-state index in [2.05, 4.69) is 4.98 Å². The molecule has 1 heterocycles. The van der Waals surface area contributed by atoms with Gasteiger partial charge in [0.1, 0.15) is 11.4 Å². The van der Waals surface area contributed by atoms with Gasteiger partial charge in [0.25, 0.3) is 0 Å². The summed E-state index contributed by atoms with van der Waals surface area (Å²) in [5.41, 5.74) is 3.47. The van der Waals surface area contributed by atoms with Crippen LogP contribution in [0.4, 0.5) is 0 Å². The molecular formula is C14H11NO2. The Morgan fingerprint density at radius 1 is 1.00 bits per heavy atom. The Kier molecular flexibility index (Phi) is 3.10. The van der Waals surface area contributed by atoms with E-state index in [1.54, 1.807) is 12.1 Å². The average Bonchev–Trinajstić information content (AvgIpc) is 2.38. The van der Waals surface area contributed by atoms with Crippen molar-refractivity contribution in [1.29, 1.82) is 0 Å². The molecule has 0 saturated carbocycles. The molecule has 0 bridgehead atoms. The molecule has 84 valence electrons. The van der Waals surface area contributed by atoms with Gasteiger partial charge in [-0.05, 0) is 35.7 Å². The molecule has 1 aromatic carbocycles. The number of nitrogens with zero attached hydrogens (tertiary/aromatic N) is 1. The second-order valence-electron chi connectivity index (χ2n) is 3.76. The maximum absolute atomic E-state index is 10.8. The van der Waals surface area contributed by atoms with E-state index in [0.717, 1.165) is 16.7 Å². The van der Waals surface area contributed by atoms with Crippen molar-refractivity contribution in [1.82, 2.24) is 4.98 Å². The van der Waals surface area contributed by atoms with Gasteiger partial charge in [-0.25, -0.2) is 4.98 Å². The van der Waals surface area contributed by atoms with Crippen molar-refractivity contribution >= 4 is 12.6 Å². The molecule has 0 unspecified atom stereocenters. The molecule has 0 aliphatic carbocycles. The third-order valence-corrected chi connectivity index (χ3v) is 2.56. The smallest absolute Gasteiger partial charge is 0.168 e. The van der Waals surface area contributed by atoms with Crippen molar-refractivity contribution in [3.63, 3.8) is 0 Å². The number of rotatable bonds is 3. The van der Waals surface area contributed by atoms with Gasteiger partial charge < -0.3 is 0 Å². The quantitative estimate of drug-likeness (QED) is 0.754. The van der Waals surface area contributed by atoms with Crippen LogP contribution in [0, 0.1) is 6.92 Å². The summed E-state index contributed by atoms with van der Waals surface area (Å²) in [6.07, 6.45) is 1.30. The van der Waals surface area contributed by atoms with Crippen LogP contribution in [0.15, 0.2) is 36.4 Å². The lowest BCUT2D eigenvalue weighted by atomic mass is 10.0. The van der Waals surface area contributed by atoms with Crippen molar-refractivity contribution in [2.24, 2.45) is 0 Å². The van der Waals surface area contributed by atoms with E-state index in [1.807, 2.05) is 31.2 Å². The zero-order valence-electron chi connectivity index (χ0n) is 9.38. The summed E-state index contributed by atoms with van der Waals surface area (Å²) >= 11 is 0. The van der Waals surface area contributed by atoms with Crippen LogP contribution in [0.1, 0.15) is 26.5 Å². The van der Waals surface area contributed by atoms with Crippen LogP contribution in [0.5, 0.6) is 0 Å². The third kappa shape index (κ3) is 2.28. The van der Waals surface area contributed by atoms with Crippen LogP contribution in [0.25, 0.3) is 11.1 Å². The van der Waals surface area contributed by atoms with E-state index in [4.69, 9.17) is 0 Å². The van der Waals surface area contributed by atoms with Crippen LogP contribution in [-0.2, 0) is 0 Å². The summed E-state index contributed by atoms with van der Waals surface area (Å²) in [4.78, 5) is 25.4. The van der Waals surface area contributed by atoms with E-state index in [1.165, 1.54) is 0 Å². The number of hydrogen-bond acceptors (Lipinski definition) is 3. The molecule has 2 rings (SSSR count). The number of carbonyl (C=O) groups is 2. The molecule has 1 aromatic heterocycles. The highest BCUT2D eigenvalue weighted by Gasteiger charge is 2.05. The lowest BCUT2D eigenvalue weighted by Crippen LogP contribution is -1.95. The zero-order valence-corrected chi connectivity index (χ0v) is 9.38. The summed E-state index contributed by atoms with van der Waals surface area (Å²) in [6.45, 7) is 1.98. The number of hydrogen-bond donors (Lipinski definition) is 0. The highest BCUT2D eigenvalue weighted by Crippen LogP contribution is 2.23. The molecule has 0 amide bonds. The molecule has 0 aliphatic rings. The van der Waals surface area contributed by atoms with Gasteiger partial charge in [-0.15, -0.1) is 0 Å². The first kappa shape index (κ1) is 11.2. The minimum absolute atomic E-state index is 0.271. The van der Waals surface area contributed by atoms with Gasteiger partial charge in [0.2, 0.25) is 0 Å². The number of carbonyl (C=O) groups excluding carboxylic acids is 2. The Morgan fingerprint density at radius 2 is 1.59 bits per heavy atom. The highest BCUT2D eigenvalue weighted by atomic mass is 16.1. The fourth-order valence-electron chi connectivity index (χ4n) is 1.75. The maximum Gasteiger partial charge on any atom is 0.168 e. The summed E-state index contributed by atoms with van der Waals surface area (Å²) in [5.74, 6) is 0. The predicted octanol–water partition coefficient (Wildman–Crippen LogP) is 2.68. The first-order valence-corrected chi connectivity index (χ1v) is 5.23. The summed E-state index contributed by atoms with van der Waals surface area (Å²) < 4.78 is 0. The normalized spacial score (nSPS) is 9.94. The molecule has 3 nitrogen and oxygen atoms in total. The minimum Gasteiger partial charge on any atom is -0.296 e. The van der Waals surface area contributed by atoms with E-state index >= 15 is 0 Å². The van der Waals surface area contributed by atoms with Crippen molar-refractivity contribution in [3.05, 3.63) is 53.3 Å². The number of pyridine rings is 1. The first-order chi connectivity index (χ1) is 8.24. The minimum atomic E-state index is 0.271. The second kappa shape index (κ2) is 4.70. The standard InChI is InChI=1S/C14H11NO2/c1-10-4-2-3-5-14(10)11-6-12(8-16)15-13(7-11)9-17/h2-9H,1H3. The van der Waals surface area contributed by atoms with Crippen molar-refractivity contribution in [2.75, 3.05) is 0 Å². The number of aryl methyl sites for hydroxylation is 1. The fraction of sp³-hybridized carbons (Fsp3) is 0.0714. The van der Waals surface area contributed by atoms with Crippen LogP contribution >= 0.6 is 0 Å². The Labute approximate surface area is 99.1 Å². The van der Waals surface area contributed by atoms with Gasteiger partial charge in [-0.3, -0.25) is 9.59 Å². The van der Waals surface area contributed by atoms with Gasteiger partial charge >= 0.3 is 0 Å². The van der Waals surface area contributed by atoms with Crippen molar-refractivity contribution in [2.45, 2.75) is 6.92 Å². The van der Waals surface area contributed by atoms with Gasteiger partial charge in [0.15, 0.2) is 12.6 Å². The van der Waals surface area contributed by atoms with Gasteiger partial charge in [-0.2, -0.15) is 0 Å². The Balaban J connectivity index is 2.63. The molecular weight excluding hydrogens is 214 g/mol. The van der Waals surface area contributed by atoms with Crippen LogP contribution in [0.3, 0.4) is 0 Å². The van der Waals surface area contributed by atoms with E-state index < -0.39 is 0 Å². The molecule has 0 spiro atoms. The van der Waals surface area contributed by atoms with Gasteiger partial charge in [-0.1, -0.05) is 24.3 Å². The second-order valence-corrected chi connectivity index (χ2v) is 3.76. The van der Waals surface area contributed by atoms with Crippen molar-refractivity contribution in [3.8, 4) is 11.1 Å². The fourth-order valence-corrected chi connectivity index (χ4v) is 1.75. The molecule has 0 radical (unpaired) electrons. The topological polar surface area (TPSA) is 47.0 Å².